The Kier molecular flexibility index (Phi) is 4.56. The molecule has 0 unspecified atom stereocenters. The van der Waals surface area contributed by atoms with E-state index in [4.69, 9.17) is 10.5 Å². The quantitative estimate of drug-likeness (QED) is 0.904. The monoisotopic (exact) mass is 271 g/mol. The summed E-state index contributed by atoms with van der Waals surface area (Å²) in [6.07, 6.45) is 1.93. The van der Waals surface area contributed by atoms with Crippen LogP contribution in [0.3, 0.4) is 0 Å². The molecule has 0 radical (unpaired) electrons. The molecule has 4 heteroatoms. The predicted octanol–water partition coefficient (Wildman–Crippen LogP) is 3.47. The van der Waals surface area contributed by atoms with Crippen molar-refractivity contribution in [2.75, 3.05) is 5.73 Å². The number of aromatic nitrogens is 2. The van der Waals surface area contributed by atoms with Crippen molar-refractivity contribution in [3.05, 3.63) is 36.2 Å². The molecule has 0 saturated carbocycles. The molecule has 1 aromatic heterocycles. The molecular formula is C16H21N3O. The molecule has 0 aliphatic carbocycles. The van der Waals surface area contributed by atoms with E-state index in [1.807, 2.05) is 38.1 Å². The van der Waals surface area contributed by atoms with Gasteiger partial charge in [-0.2, -0.15) is 0 Å². The number of nitrogens with zero attached hydrogens (tertiary/aromatic N) is 2. The SMILES string of the molecule is CCCc1nc(N)cc(-c2ccccc2OC(C)C)n1. The molecule has 4 nitrogen and oxygen atoms in total. The van der Waals surface area contributed by atoms with Gasteiger partial charge in [-0.25, -0.2) is 9.97 Å². The van der Waals surface area contributed by atoms with Crippen molar-refractivity contribution in [1.29, 1.82) is 0 Å². The molecular weight excluding hydrogens is 250 g/mol. The van der Waals surface area contributed by atoms with Gasteiger partial charge in [-0.3, -0.25) is 0 Å². The summed E-state index contributed by atoms with van der Waals surface area (Å²) in [5.74, 6) is 2.10. The summed E-state index contributed by atoms with van der Waals surface area (Å²) in [7, 11) is 0. The van der Waals surface area contributed by atoms with Gasteiger partial charge in [0.25, 0.3) is 0 Å². The third kappa shape index (κ3) is 3.47. The molecule has 2 aromatic rings. The van der Waals surface area contributed by atoms with Crippen molar-refractivity contribution < 1.29 is 4.74 Å². The number of aryl methyl sites for hydroxylation is 1. The molecule has 0 atom stereocenters. The van der Waals surface area contributed by atoms with E-state index in [1.54, 1.807) is 6.07 Å². The van der Waals surface area contributed by atoms with Crippen LogP contribution in [0.2, 0.25) is 0 Å². The molecule has 2 rings (SSSR count). The molecule has 0 fully saturated rings. The number of para-hydroxylation sites is 1. The minimum absolute atomic E-state index is 0.116. The summed E-state index contributed by atoms with van der Waals surface area (Å²) in [5.41, 5.74) is 7.65. The number of hydrogen-bond acceptors (Lipinski definition) is 4. The fraction of sp³-hybridized carbons (Fsp3) is 0.375. The van der Waals surface area contributed by atoms with E-state index in [2.05, 4.69) is 16.9 Å². The summed E-state index contributed by atoms with van der Waals surface area (Å²) in [5, 5.41) is 0. The van der Waals surface area contributed by atoms with Gasteiger partial charge < -0.3 is 10.5 Å². The second-order valence-corrected chi connectivity index (χ2v) is 5.01. The molecule has 0 aliphatic heterocycles. The molecule has 106 valence electrons. The zero-order valence-corrected chi connectivity index (χ0v) is 12.3. The minimum Gasteiger partial charge on any atom is -0.490 e. The second-order valence-electron chi connectivity index (χ2n) is 5.01. The summed E-state index contributed by atoms with van der Waals surface area (Å²) in [4.78, 5) is 8.86. The first-order valence-corrected chi connectivity index (χ1v) is 6.99. The van der Waals surface area contributed by atoms with Gasteiger partial charge >= 0.3 is 0 Å². The maximum atomic E-state index is 5.89. The lowest BCUT2D eigenvalue weighted by atomic mass is 10.1. The van der Waals surface area contributed by atoms with Crippen molar-refractivity contribution in [1.82, 2.24) is 9.97 Å². The van der Waals surface area contributed by atoms with E-state index in [0.717, 1.165) is 35.7 Å². The Morgan fingerprint density at radius 1 is 1.20 bits per heavy atom. The van der Waals surface area contributed by atoms with Gasteiger partial charge in [-0.15, -0.1) is 0 Å². The lowest BCUT2D eigenvalue weighted by Crippen LogP contribution is -2.07. The molecule has 0 saturated heterocycles. The maximum Gasteiger partial charge on any atom is 0.131 e. The standard InChI is InChI=1S/C16H21N3O/c1-4-7-16-18-13(10-15(17)19-16)12-8-5-6-9-14(12)20-11(2)3/h5-6,8-11H,4,7H2,1-3H3,(H2,17,18,19). The van der Waals surface area contributed by atoms with E-state index < -0.39 is 0 Å². The van der Waals surface area contributed by atoms with E-state index in [1.165, 1.54) is 0 Å². The fourth-order valence-corrected chi connectivity index (χ4v) is 2.03. The van der Waals surface area contributed by atoms with Crippen molar-refractivity contribution in [2.45, 2.75) is 39.7 Å². The van der Waals surface area contributed by atoms with Crippen LogP contribution in [-0.4, -0.2) is 16.1 Å². The first-order valence-electron chi connectivity index (χ1n) is 6.99. The highest BCUT2D eigenvalue weighted by molar-refractivity contribution is 5.68. The average molecular weight is 271 g/mol. The topological polar surface area (TPSA) is 61.0 Å². The molecule has 0 aliphatic rings. The van der Waals surface area contributed by atoms with Gasteiger partial charge in [0.1, 0.15) is 17.4 Å². The maximum absolute atomic E-state index is 5.89. The van der Waals surface area contributed by atoms with Gasteiger partial charge in [-0.05, 0) is 32.4 Å². The molecule has 20 heavy (non-hydrogen) atoms. The predicted molar refractivity (Wildman–Crippen MR) is 81.6 cm³/mol. The second kappa shape index (κ2) is 6.37. The van der Waals surface area contributed by atoms with Crippen molar-refractivity contribution in [3.63, 3.8) is 0 Å². The number of rotatable bonds is 5. The van der Waals surface area contributed by atoms with Crippen LogP contribution in [0.5, 0.6) is 5.75 Å². The Morgan fingerprint density at radius 2 is 1.95 bits per heavy atom. The third-order valence-electron chi connectivity index (χ3n) is 2.79. The summed E-state index contributed by atoms with van der Waals surface area (Å²) < 4.78 is 5.84. The van der Waals surface area contributed by atoms with Gasteiger partial charge in [-0.1, -0.05) is 19.1 Å². The lowest BCUT2D eigenvalue weighted by Gasteiger charge is -2.14. The smallest absolute Gasteiger partial charge is 0.131 e. The highest BCUT2D eigenvalue weighted by Crippen LogP contribution is 2.30. The Labute approximate surface area is 120 Å². The first-order chi connectivity index (χ1) is 9.60. The molecule has 0 spiro atoms. The molecule has 2 N–H and O–H groups in total. The Hall–Kier alpha value is -2.10. The molecule has 0 bridgehead atoms. The van der Waals surface area contributed by atoms with Crippen molar-refractivity contribution >= 4 is 5.82 Å². The Bertz CT molecular complexity index is 582. The zero-order valence-electron chi connectivity index (χ0n) is 12.3. The van der Waals surface area contributed by atoms with E-state index in [-0.39, 0.29) is 6.10 Å². The van der Waals surface area contributed by atoms with Crippen LogP contribution in [-0.2, 0) is 6.42 Å². The Balaban J connectivity index is 2.45. The highest BCUT2D eigenvalue weighted by atomic mass is 16.5. The summed E-state index contributed by atoms with van der Waals surface area (Å²) in [6, 6.07) is 9.67. The van der Waals surface area contributed by atoms with E-state index in [0.29, 0.717) is 5.82 Å². The van der Waals surface area contributed by atoms with Gasteiger partial charge in [0.2, 0.25) is 0 Å². The fourth-order valence-electron chi connectivity index (χ4n) is 2.03. The largest absolute Gasteiger partial charge is 0.490 e. The lowest BCUT2D eigenvalue weighted by molar-refractivity contribution is 0.243. The van der Waals surface area contributed by atoms with Crippen LogP contribution in [0.25, 0.3) is 11.3 Å². The van der Waals surface area contributed by atoms with Crippen molar-refractivity contribution in [3.8, 4) is 17.0 Å². The molecule has 1 aromatic carbocycles. The van der Waals surface area contributed by atoms with E-state index in [9.17, 15) is 0 Å². The number of anilines is 1. The number of hydrogen-bond donors (Lipinski definition) is 1. The zero-order chi connectivity index (χ0) is 14.5. The number of benzene rings is 1. The number of nitrogen functional groups attached to an aromatic ring is 1. The summed E-state index contributed by atoms with van der Waals surface area (Å²) >= 11 is 0. The third-order valence-corrected chi connectivity index (χ3v) is 2.79. The van der Waals surface area contributed by atoms with Gasteiger partial charge in [0.15, 0.2) is 0 Å². The number of ether oxygens (including phenoxy) is 1. The van der Waals surface area contributed by atoms with Gasteiger partial charge in [0.05, 0.1) is 11.8 Å². The summed E-state index contributed by atoms with van der Waals surface area (Å²) in [6.45, 7) is 6.11. The van der Waals surface area contributed by atoms with Crippen LogP contribution in [0.4, 0.5) is 5.82 Å². The van der Waals surface area contributed by atoms with Crippen LogP contribution < -0.4 is 10.5 Å². The van der Waals surface area contributed by atoms with E-state index >= 15 is 0 Å². The first kappa shape index (κ1) is 14.3. The average Bonchev–Trinajstić information content (AvgIpc) is 2.38. The minimum atomic E-state index is 0.116. The normalized spacial score (nSPS) is 10.8. The van der Waals surface area contributed by atoms with Crippen LogP contribution >= 0.6 is 0 Å². The van der Waals surface area contributed by atoms with Crippen LogP contribution in [0.15, 0.2) is 30.3 Å². The van der Waals surface area contributed by atoms with Gasteiger partial charge in [0, 0.05) is 18.1 Å². The van der Waals surface area contributed by atoms with Crippen LogP contribution in [0, 0.1) is 0 Å². The molecule has 1 heterocycles. The molecule has 0 amide bonds. The van der Waals surface area contributed by atoms with Crippen LogP contribution in [0.1, 0.15) is 33.0 Å². The highest BCUT2D eigenvalue weighted by Gasteiger charge is 2.11. The van der Waals surface area contributed by atoms with Crippen molar-refractivity contribution in [2.24, 2.45) is 0 Å². The Morgan fingerprint density at radius 3 is 2.65 bits per heavy atom. The number of nitrogens with two attached hydrogens (primary N) is 1.